The highest BCUT2D eigenvalue weighted by Gasteiger charge is 2.21. The van der Waals surface area contributed by atoms with Crippen LogP contribution in [0.15, 0.2) is 18.2 Å². The summed E-state index contributed by atoms with van der Waals surface area (Å²) in [6.45, 7) is 2.02. The second-order valence-electron chi connectivity index (χ2n) is 3.55. The van der Waals surface area contributed by atoms with Gasteiger partial charge in [-0.1, -0.05) is 0 Å². The monoisotopic (exact) mass is 199 g/mol. The van der Waals surface area contributed by atoms with Gasteiger partial charge >= 0.3 is 0 Å². The third-order valence-corrected chi connectivity index (χ3v) is 2.01. The van der Waals surface area contributed by atoms with Crippen LogP contribution in [-0.2, 0) is 5.54 Å². The summed E-state index contributed by atoms with van der Waals surface area (Å²) in [5.41, 5.74) is 5.45. The molecule has 0 aliphatic heterocycles. The summed E-state index contributed by atoms with van der Waals surface area (Å²) in [5.74, 6) is -1.24. The molecule has 0 aromatic heterocycles. The van der Waals surface area contributed by atoms with E-state index in [1.807, 2.05) is 0 Å². The highest BCUT2D eigenvalue weighted by molar-refractivity contribution is 5.25. The number of hydrogen-bond donors (Lipinski definition) is 1. The molecular formula is C10H13F2N2. The van der Waals surface area contributed by atoms with E-state index in [4.69, 9.17) is 5.73 Å². The zero-order valence-electron chi connectivity index (χ0n) is 8.22. The van der Waals surface area contributed by atoms with E-state index in [1.165, 1.54) is 12.1 Å². The Hall–Kier alpha value is -1.00. The topological polar surface area (TPSA) is 40.1 Å². The Balaban J connectivity index is 3.05. The molecule has 0 aliphatic carbocycles. The van der Waals surface area contributed by atoms with Gasteiger partial charge in [-0.25, -0.2) is 14.1 Å². The molecule has 14 heavy (non-hydrogen) atoms. The standard InChI is InChI=1S/C10H13F2N2/c1-10(13,6-14-2)7-3-8(11)5-9(12)4-7/h3-5H,6,13H2,1-2H3. The Labute approximate surface area is 82.1 Å². The summed E-state index contributed by atoms with van der Waals surface area (Å²) in [5, 5.41) is 3.87. The van der Waals surface area contributed by atoms with Crippen LogP contribution in [0, 0.1) is 11.6 Å². The van der Waals surface area contributed by atoms with Crippen molar-refractivity contribution in [1.82, 2.24) is 5.32 Å². The van der Waals surface area contributed by atoms with Crippen LogP contribution < -0.4 is 11.1 Å². The number of likely N-dealkylation sites (N-methyl/N-ethyl adjacent to an activating group) is 1. The van der Waals surface area contributed by atoms with Crippen molar-refractivity contribution in [2.24, 2.45) is 5.73 Å². The van der Waals surface area contributed by atoms with Gasteiger partial charge in [0, 0.05) is 19.7 Å². The summed E-state index contributed by atoms with van der Waals surface area (Å²) < 4.78 is 25.7. The van der Waals surface area contributed by atoms with Gasteiger partial charge in [0.05, 0.1) is 5.54 Å². The minimum atomic E-state index is -0.822. The number of benzene rings is 1. The maximum Gasteiger partial charge on any atom is 0.126 e. The van der Waals surface area contributed by atoms with Crippen LogP contribution in [0.3, 0.4) is 0 Å². The fourth-order valence-electron chi connectivity index (χ4n) is 1.30. The van der Waals surface area contributed by atoms with E-state index >= 15 is 0 Å². The maximum absolute atomic E-state index is 12.9. The van der Waals surface area contributed by atoms with Crippen molar-refractivity contribution in [2.75, 3.05) is 13.6 Å². The lowest BCUT2D eigenvalue weighted by Crippen LogP contribution is -2.40. The molecule has 1 unspecified atom stereocenters. The molecule has 0 bridgehead atoms. The predicted octanol–water partition coefficient (Wildman–Crippen LogP) is 1.37. The van der Waals surface area contributed by atoms with E-state index in [0.717, 1.165) is 6.07 Å². The van der Waals surface area contributed by atoms with Crippen LogP contribution in [0.1, 0.15) is 12.5 Å². The molecule has 77 valence electrons. The first-order valence-corrected chi connectivity index (χ1v) is 4.27. The minimum absolute atomic E-state index is 0.329. The molecule has 4 heteroatoms. The Bertz CT molecular complexity index is 304. The van der Waals surface area contributed by atoms with E-state index in [0.29, 0.717) is 12.1 Å². The molecule has 1 radical (unpaired) electrons. The van der Waals surface area contributed by atoms with E-state index < -0.39 is 17.2 Å². The first-order valence-electron chi connectivity index (χ1n) is 4.27. The van der Waals surface area contributed by atoms with E-state index in [-0.39, 0.29) is 0 Å². The van der Waals surface area contributed by atoms with Gasteiger partial charge in [-0.05, 0) is 24.6 Å². The molecule has 1 rings (SSSR count). The predicted molar refractivity (Wildman–Crippen MR) is 50.8 cm³/mol. The van der Waals surface area contributed by atoms with Gasteiger partial charge in [0.25, 0.3) is 0 Å². The Morgan fingerprint density at radius 1 is 1.29 bits per heavy atom. The number of rotatable bonds is 3. The molecule has 0 amide bonds. The molecule has 1 aromatic carbocycles. The smallest absolute Gasteiger partial charge is 0.126 e. The van der Waals surface area contributed by atoms with Crippen molar-refractivity contribution in [3.63, 3.8) is 0 Å². The second-order valence-corrected chi connectivity index (χ2v) is 3.55. The third-order valence-electron chi connectivity index (χ3n) is 2.01. The molecule has 1 atom stereocenters. The van der Waals surface area contributed by atoms with Crippen LogP contribution >= 0.6 is 0 Å². The van der Waals surface area contributed by atoms with Crippen LogP contribution in [0.5, 0.6) is 0 Å². The molecule has 0 spiro atoms. The van der Waals surface area contributed by atoms with Crippen LogP contribution in [0.25, 0.3) is 0 Å². The first kappa shape index (κ1) is 11.1. The molecule has 1 aromatic rings. The first-order chi connectivity index (χ1) is 6.45. The lowest BCUT2D eigenvalue weighted by Gasteiger charge is -2.24. The molecule has 0 fully saturated rings. The summed E-state index contributed by atoms with van der Waals surface area (Å²) in [4.78, 5) is 0. The van der Waals surface area contributed by atoms with Crippen molar-refractivity contribution in [3.8, 4) is 0 Å². The lowest BCUT2D eigenvalue weighted by atomic mass is 9.93. The van der Waals surface area contributed by atoms with E-state index in [1.54, 1.807) is 14.0 Å². The number of nitrogens with two attached hydrogens (primary N) is 1. The number of nitrogens with zero attached hydrogens (tertiary/aromatic N) is 1. The quantitative estimate of drug-likeness (QED) is 0.784. The van der Waals surface area contributed by atoms with Crippen molar-refractivity contribution in [1.29, 1.82) is 0 Å². The van der Waals surface area contributed by atoms with E-state index in [9.17, 15) is 8.78 Å². The number of halogens is 2. The molecule has 2 N–H and O–H groups in total. The van der Waals surface area contributed by atoms with Crippen molar-refractivity contribution >= 4 is 0 Å². The van der Waals surface area contributed by atoms with Crippen LogP contribution in [0.4, 0.5) is 8.78 Å². The van der Waals surface area contributed by atoms with Crippen molar-refractivity contribution in [3.05, 3.63) is 35.4 Å². The van der Waals surface area contributed by atoms with Gasteiger partial charge in [-0.2, -0.15) is 0 Å². The minimum Gasteiger partial charge on any atom is -0.321 e. The Kier molecular flexibility index (Phi) is 3.18. The van der Waals surface area contributed by atoms with Gasteiger partial charge in [0.15, 0.2) is 0 Å². The summed E-state index contributed by atoms with van der Waals surface area (Å²) >= 11 is 0. The van der Waals surface area contributed by atoms with Gasteiger partial charge in [0.2, 0.25) is 0 Å². The molecule has 2 nitrogen and oxygen atoms in total. The molecular weight excluding hydrogens is 186 g/mol. The fourth-order valence-corrected chi connectivity index (χ4v) is 1.30. The van der Waals surface area contributed by atoms with Gasteiger partial charge in [0.1, 0.15) is 11.6 Å². The highest BCUT2D eigenvalue weighted by atomic mass is 19.1. The van der Waals surface area contributed by atoms with Crippen molar-refractivity contribution in [2.45, 2.75) is 12.5 Å². The van der Waals surface area contributed by atoms with E-state index in [2.05, 4.69) is 5.32 Å². The zero-order chi connectivity index (χ0) is 10.8. The van der Waals surface area contributed by atoms with Gasteiger partial charge in [-0.15, -0.1) is 0 Å². The van der Waals surface area contributed by atoms with Crippen LogP contribution in [-0.4, -0.2) is 13.6 Å². The molecule has 0 saturated heterocycles. The SMILES string of the molecule is C[N]CC(C)(N)c1cc(F)cc(F)c1. The average molecular weight is 199 g/mol. The largest absolute Gasteiger partial charge is 0.321 e. The van der Waals surface area contributed by atoms with Crippen molar-refractivity contribution < 1.29 is 8.78 Å². The summed E-state index contributed by atoms with van der Waals surface area (Å²) in [6.07, 6.45) is 0. The zero-order valence-corrected chi connectivity index (χ0v) is 8.22. The number of hydrogen-bond acceptors (Lipinski definition) is 1. The normalized spacial score (nSPS) is 15.2. The molecule has 0 aliphatic rings. The van der Waals surface area contributed by atoms with Crippen LogP contribution in [0.2, 0.25) is 0 Å². The second kappa shape index (κ2) is 4.02. The average Bonchev–Trinajstić information content (AvgIpc) is 2.02. The summed E-state index contributed by atoms with van der Waals surface area (Å²) in [7, 11) is 1.61. The van der Waals surface area contributed by atoms with Gasteiger partial charge < -0.3 is 5.73 Å². The van der Waals surface area contributed by atoms with Gasteiger partial charge in [-0.3, -0.25) is 0 Å². The Morgan fingerprint density at radius 2 is 1.79 bits per heavy atom. The third kappa shape index (κ3) is 2.49. The maximum atomic E-state index is 12.9. The molecule has 0 heterocycles. The Morgan fingerprint density at radius 3 is 2.21 bits per heavy atom. The lowest BCUT2D eigenvalue weighted by molar-refractivity contribution is 0.454. The molecule has 0 saturated carbocycles. The summed E-state index contributed by atoms with van der Waals surface area (Å²) in [6, 6.07) is 3.28. The fraction of sp³-hybridized carbons (Fsp3) is 0.400. The highest BCUT2D eigenvalue weighted by Crippen LogP contribution is 2.19.